The molecule has 1 amide bonds. The number of amides is 1. The van der Waals surface area contributed by atoms with E-state index in [1.54, 1.807) is 29.4 Å². The van der Waals surface area contributed by atoms with Crippen molar-refractivity contribution in [3.8, 4) is 5.75 Å². The van der Waals surface area contributed by atoms with Gasteiger partial charge in [-0.25, -0.2) is 8.78 Å². The van der Waals surface area contributed by atoms with Crippen molar-refractivity contribution < 1.29 is 18.3 Å². The number of piperidine rings is 1. The molecule has 0 spiro atoms. The van der Waals surface area contributed by atoms with Gasteiger partial charge in [0, 0.05) is 44.4 Å². The highest BCUT2D eigenvalue weighted by Crippen LogP contribution is 2.21. The average molecular weight is 318 g/mol. The van der Waals surface area contributed by atoms with E-state index in [9.17, 15) is 13.6 Å². The Morgan fingerprint density at radius 2 is 1.96 bits per heavy atom. The minimum absolute atomic E-state index is 0.0515. The fourth-order valence-electron chi connectivity index (χ4n) is 2.59. The molecule has 0 radical (unpaired) electrons. The van der Waals surface area contributed by atoms with Gasteiger partial charge in [-0.05, 0) is 24.3 Å². The van der Waals surface area contributed by atoms with Crippen molar-refractivity contribution in [2.75, 3.05) is 13.1 Å². The lowest BCUT2D eigenvalue weighted by Gasteiger charge is -2.32. The molecule has 1 aliphatic heterocycles. The summed E-state index contributed by atoms with van der Waals surface area (Å²) in [5, 5.41) is 0. The van der Waals surface area contributed by atoms with E-state index in [0.717, 1.165) is 12.1 Å². The van der Waals surface area contributed by atoms with Crippen molar-refractivity contribution in [2.45, 2.75) is 18.9 Å². The molecule has 3 rings (SSSR count). The van der Waals surface area contributed by atoms with Crippen LogP contribution in [0.1, 0.15) is 23.2 Å². The minimum Gasteiger partial charge on any atom is -0.490 e. The number of pyridine rings is 1. The van der Waals surface area contributed by atoms with Gasteiger partial charge in [0.05, 0.1) is 5.56 Å². The molecule has 2 aromatic rings. The Morgan fingerprint density at radius 1 is 1.17 bits per heavy atom. The first-order valence-electron chi connectivity index (χ1n) is 7.44. The number of rotatable bonds is 3. The molecule has 0 aliphatic carbocycles. The molecule has 2 heterocycles. The van der Waals surface area contributed by atoms with Crippen LogP contribution < -0.4 is 4.74 Å². The van der Waals surface area contributed by atoms with Crippen LogP contribution in [0.4, 0.5) is 8.78 Å². The molecule has 0 unspecified atom stereocenters. The summed E-state index contributed by atoms with van der Waals surface area (Å²) in [6, 6.07) is 6.96. The summed E-state index contributed by atoms with van der Waals surface area (Å²) >= 11 is 0. The number of ether oxygens (including phenoxy) is 1. The van der Waals surface area contributed by atoms with Crippen LogP contribution in [0.5, 0.6) is 5.75 Å². The van der Waals surface area contributed by atoms with Gasteiger partial charge in [0.25, 0.3) is 5.91 Å². The summed E-state index contributed by atoms with van der Waals surface area (Å²) < 4.78 is 31.7. The highest BCUT2D eigenvalue weighted by molar-refractivity contribution is 5.93. The summed E-state index contributed by atoms with van der Waals surface area (Å²) in [7, 11) is 0. The number of nitrogens with zero attached hydrogens (tertiary/aromatic N) is 2. The highest BCUT2D eigenvalue weighted by atomic mass is 19.2. The molecule has 4 nitrogen and oxygen atoms in total. The molecule has 0 saturated carbocycles. The van der Waals surface area contributed by atoms with Gasteiger partial charge in [-0.1, -0.05) is 0 Å². The van der Waals surface area contributed by atoms with Crippen molar-refractivity contribution in [3.05, 3.63) is 59.9 Å². The van der Waals surface area contributed by atoms with Crippen molar-refractivity contribution >= 4 is 5.91 Å². The molecule has 1 aromatic heterocycles. The van der Waals surface area contributed by atoms with Crippen LogP contribution in [0.15, 0.2) is 42.7 Å². The van der Waals surface area contributed by atoms with Crippen molar-refractivity contribution in [3.63, 3.8) is 0 Å². The summed E-state index contributed by atoms with van der Waals surface area (Å²) in [4.78, 5) is 18.0. The third-order valence-electron chi connectivity index (χ3n) is 3.83. The van der Waals surface area contributed by atoms with E-state index in [4.69, 9.17) is 4.74 Å². The molecule has 23 heavy (non-hydrogen) atoms. The van der Waals surface area contributed by atoms with E-state index in [2.05, 4.69) is 4.98 Å². The molecule has 1 saturated heterocycles. The van der Waals surface area contributed by atoms with E-state index >= 15 is 0 Å². The molecule has 1 aromatic carbocycles. The molecule has 120 valence electrons. The monoisotopic (exact) mass is 318 g/mol. The second-order valence-electron chi connectivity index (χ2n) is 5.43. The Labute approximate surface area is 132 Å². The highest BCUT2D eigenvalue weighted by Gasteiger charge is 2.25. The van der Waals surface area contributed by atoms with Gasteiger partial charge < -0.3 is 9.64 Å². The standard InChI is InChI=1S/C17H16F2N2O2/c18-15-4-3-14(10-16(15)19)23-13-5-8-21(9-6-13)17(22)12-2-1-7-20-11-12/h1-4,7,10-11,13H,5-6,8-9H2. The van der Waals surface area contributed by atoms with E-state index < -0.39 is 11.6 Å². The first-order chi connectivity index (χ1) is 11.1. The molecule has 0 atom stereocenters. The normalized spacial score (nSPS) is 15.5. The van der Waals surface area contributed by atoms with Crippen molar-refractivity contribution in [1.29, 1.82) is 0 Å². The van der Waals surface area contributed by atoms with E-state index in [0.29, 0.717) is 37.2 Å². The molecular formula is C17H16F2N2O2. The smallest absolute Gasteiger partial charge is 0.255 e. The molecule has 1 aliphatic rings. The Balaban J connectivity index is 1.56. The fourth-order valence-corrected chi connectivity index (χ4v) is 2.59. The summed E-state index contributed by atoms with van der Waals surface area (Å²) in [5.41, 5.74) is 0.562. The zero-order chi connectivity index (χ0) is 16.2. The molecule has 0 N–H and O–H groups in total. The largest absolute Gasteiger partial charge is 0.490 e. The summed E-state index contributed by atoms with van der Waals surface area (Å²) in [5.74, 6) is -1.56. The number of aromatic nitrogens is 1. The maximum absolute atomic E-state index is 13.2. The zero-order valence-corrected chi connectivity index (χ0v) is 12.4. The minimum atomic E-state index is -0.924. The number of carbonyl (C=O) groups excluding carboxylic acids is 1. The Bertz CT molecular complexity index is 686. The molecule has 1 fully saturated rings. The zero-order valence-electron chi connectivity index (χ0n) is 12.4. The molecular weight excluding hydrogens is 302 g/mol. The van der Waals surface area contributed by atoms with Crippen LogP contribution >= 0.6 is 0 Å². The van der Waals surface area contributed by atoms with Gasteiger partial charge in [0.2, 0.25) is 0 Å². The van der Waals surface area contributed by atoms with E-state index in [-0.39, 0.29) is 12.0 Å². The van der Waals surface area contributed by atoms with Crippen LogP contribution in [0, 0.1) is 11.6 Å². The Kier molecular flexibility index (Phi) is 4.50. The predicted octanol–water partition coefficient (Wildman–Crippen LogP) is 3.04. The van der Waals surface area contributed by atoms with Gasteiger partial charge in [0.1, 0.15) is 11.9 Å². The summed E-state index contributed by atoms with van der Waals surface area (Å²) in [6.07, 6.45) is 4.35. The van der Waals surface area contributed by atoms with Crippen LogP contribution in [0.2, 0.25) is 0 Å². The molecule has 0 bridgehead atoms. The lowest BCUT2D eigenvalue weighted by molar-refractivity contribution is 0.0594. The predicted molar refractivity (Wildman–Crippen MR) is 80.1 cm³/mol. The average Bonchev–Trinajstić information content (AvgIpc) is 2.59. The van der Waals surface area contributed by atoms with Crippen LogP contribution in [-0.2, 0) is 0 Å². The maximum Gasteiger partial charge on any atom is 0.255 e. The first kappa shape index (κ1) is 15.4. The molecule has 6 heteroatoms. The third-order valence-corrected chi connectivity index (χ3v) is 3.83. The number of likely N-dealkylation sites (tertiary alicyclic amines) is 1. The number of halogens is 2. The van der Waals surface area contributed by atoms with Gasteiger partial charge in [0.15, 0.2) is 11.6 Å². The number of carbonyl (C=O) groups is 1. The quantitative estimate of drug-likeness (QED) is 0.873. The van der Waals surface area contributed by atoms with E-state index in [1.165, 1.54) is 6.07 Å². The summed E-state index contributed by atoms with van der Waals surface area (Å²) in [6.45, 7) is 1.12. The SMILES string of the molecule is O=C(c1cccnc1)N1CCC(Oc2ccc(F)c(F)c2)CC1. The van der Waals surface area contributed by atoms with E-state index in [1.807, 2.05) is 0 Å². The second kappa shape index (κ2) is 6.73. The Morgan fingerprint density at radius 3 is 2.61 bits per heavy atom. The lowest BCUT2D eigenvalue weighted by atomic mass is 10.1. The number of hydrogen-bond acceptors (Lipinski definition) is 3. The van der Waals surface area contributed by atoms with Crippen LogP contribution in [0.3, 0.4) is 0 Å². The number of hydrogen-bond donors (Lipinski definition) is 0. The van der Waals surface area contributed by atoms with Crippen LogP contribution in [-0.4, -0.2) is 35.0 Å². The lowest BCUT2D eigenvalue weighted by Crippen LogP contribution is -2.41. The van der Waals surface area contributed by atoms with Crippen LogP contribution in [0.25, 0.3) is 0 Å². The second-order valence-corrected chi connectivity index (χ2v) is 5.43. The van der Waals surface area contributed by atoms with Gasteiger partial charge >= 0.3 is 0 Å². The fraction of sp³-hybridized carbons (Fsp3) is 0.294. The van der Waals surface area contributed by atoms with Crippen molar-refractivity contribution in [2.24, 2.45) is 0 Å². The first-order valence-corrected chi connectivity index (χ1v) is 7.44. The maximum atomic E-state index is 13.2. The Hall–Kier alpha value is -2.50. The van der Waals surface area contributed by atoms with Gasteiger partial charge in [-0.15, -0.1) is 0 Å². The number of benzene rings is 1. The third kappa shape index (κ3) is 3.64. The van der Waals surface area contributed by atoms with Gasteiger partial charge in [-0.2, -0.15) is 0 Å². The van der Waals surface area contributed by atoms with Crippen molar-refractivity contribution in [1.82, 2.24) is 9.88 Å². The topological polar surface area (TPSA) is 42.4 Å². The van der Waals surface area contributed by atoms with Gasteiger partial charge in [-0.3, -0.25) is 9.78 Å².